The number of hydrogen-bond acceptors (Lipinski definition) is 3. The molecule has 2 aliphatic rings. The summed E-state index contributed by atoms with van der Waals surface area (Å²) in [5.74, 6) is 1.36. The van der Waals surface area contributed by atoms with Crippen molar-refractivity contribution >= 4 is 27.7 Å². The third-order valence-electron chi connectivity index (χ3n) is 5.58. The SMILES string of the molecule is Cc1cc(C2CCN(C(=O)O)CC2)ccc1NC1COc2cccc(Br)c21. The molecule has 1 saturated heterocycles. The first-order chi connectivity index (χ1) is 13.0. The molecule has 2 aliphatic heterocycles. The number of rotatable bonds is 3. The van der Waals surface area contributed by atoms with E-state index in [2.05, 4.69) is 46.4 Å². The molecule has 0 bridgehead atoms. The number of hydrogen-bond donors (Lipinski definition) is 2. The third kappa shape index (κ3) is 3.63. The molecule has 6 heteroatoms. The second-order valence-corrected chi connectivity index (χ2v) is 8.13. The zero-order valence-electron chi connectivity index (χ0n) is 15.2. The zero-order chi connectivity index (χ0) is 19.0. The summed E-state index contributed by atoms with van der Waals surface area (Å²) in [6.07, 6.45) is 0.958. The Labute approximate surface area is 167 Å². The molecule has 142 valence electrons. The fourth-order valence-corrected chi connectivity index (χ4v) is 4.67. The predicted octanol–water partition coefficient (Wildman–Crippen LogP) is 5.16. The van der Waals surface area contributed by atoms with Crippen LogP contribution >= 0.6 is 15.9 Å². The van der Waals surface area contributed by atoms with Crippen molar-refractivity contribution in [3.63, 3.8) is 0 Å². The Balaban J connectivity index is 1.47. The minimum atomic E-state index is -0.811. The van der Waals surface area contributed by atoms with Gasteiger partial charge >= 0.3 is 6.09 Å². The number of ether oxygens (including phenoxy) is 1. The van der Waals surface area contributed by atoms with E-state index in [-0.39, 0.29) is 6.04 Å². The highest BCUT2D eigenvalue weighted by molar-refractivity contribution is 9.10. The highest BCUT2D eigenvalue weighted by atomic mass is 79.9. The van der Waals surface area contributed by atoms with Crippen molar-refractivity contribution in [2.75, 3.05) is 25.0 Å². The fourth-order valence-electron chi connectivity index (χ4n) is 4.05. The van der Waals surface area contributed by atoms with E-state index in [1.807, 2.05) is 18.2 Å². The summed E-state index contributed by atoms with van der Waals surface area (Å²) in [5, 5.41) is 12.7. The topological polar surface area (TPSA) is 61.8 Å². The average Bonchev–Trinajstić information content (AvgIpc) is 3.08. The molecule has 0 aromatic heterocycles. The molecule has 1 atom stereocenters. The highest BCUT2D eigenvalue weighted by Crippen LogP contribution is 2.40. The monoisotopic (exact) mass is 430 g/mol. The van der Waals surface area contributed by atoms with Gasteiger partial charge in [-0.2, -0.15) is 0 Å². The number of likely N-dealkylation sites (tertiary alicyclic amines) is 1. The maximum absolute atomic E-state index is 11.1. The molecule has 2 heterocycles. The molecule has 2 N–H and O–H groups in total. The Hall–Kier alpha value is -2.21. The van der Waals surface area contributed by atoms with Crippen LogP contribution in [0.4, 0.5) is 10.5 Å². The van der Waals surface area contributed by atoms with Crippen molar-refractivity contribution < 1.29 is 14.6 Å². The van der Waals surface area contributed by atoms with E-state index in [4.69, 9.17) is 9.84 Å². The van der Waals surface area contributed by atoms with Gasteiger partial charge in [0.05, 0.1) is 6.04 Å². The van der Waals surface area contributed by atoms with E-state index in [0.717, 1.165) is 28.8 Å². The van der Waals surface area contributed by atoms with Crippen molar-refractivity contribution in [1.29, 1.82) is 0 Å². The first-order valence-electron chi connectivity index (χ1n) is 9.29. The molecule has 1 unspecified atom stereocenters. The van der Waals surface area contributed by atoms with Crippen LogP contribution in [0.1, 0.15) is 41.5 Å². The van der Waals surface area contributed by atoms with Gasteiger partial charge in [0.2, 0.25) is 0 Å². The van der Waals surface area contributed by atoms with Gasteiger partial charge in [-0.1, -0.05) is 34.1 Å². The number of amides is 1. The van der Waals surface area contributed by atoms with Gasteiger partial charge in [-0.15, -0.1) is 0 Å². The second kappa shape index (κ2) is 7.43. The molecule has 1 amide bonds. The predicted molar refractivity (Wildman–Crippen MR) is 109 cm³/mol. The lowest BCUT2D eigenvalue weighted by Gasteiger charge is -2.30. The van der Waals surface area contributed by atoms with Gasteiger partial charge in [-0.25, -0.2) is 4.79 Å². The Morgan fingerprint density at radius 1 is 1.26 bits per heavy atom. The Kier molecular flexibility index (Phi) is 5.00. The lowest BCUT2D eigenvalue weighted by molar-refractivity contribution is 0.132. The smallest absolute Gasteiger partial charge is 0.407 e. The van der Waals surface area contributed by atoms with Crippen LogP contribution in [0.2, 0.25) is 0 Å². The van der Waals surface area contributed by atoms with Gasteiger partial charge in [-0.05, 0) is 55.0 Å². The summed E-state index contributed by atoms with van der Waals surface area (Å²) < 4.78 is 6.87. The molecular formula is C21H23BrN2O3. The Morgan fingerprint density at radius 3 is 2.74 bits per heavy atom. The van der Waals surface area contributed by atoms with Crippen molar-refractivity contribution in [2.45, 2.75) is 31.7 Å². The summed E-state index contributed by atoms with van der Waals surface area (Å²) in [6.45, 7) is 3.97. The van der Waals surface area contributed by atoms with E-state index in [1.54, 1.807) is 0 Å². The summed E-state index contributed by atoms with van der Waals surface area (Å²) in [7, 11) is 0. The van der Waals surface area contributed by atoms with Gasteiger partial charge in [0, 0.05) is 28.8 Å². The third-order valence-corrected chi connectivity index (χ3v) is 6.28. The van der Waals surface area contributed by atoms with Crippen LogP contribution in [-0.2, 0) is 0 Å². The molecule has 2 aromatic carbocycles. The van der Waals surface area contributed by atoms with Crippen molar-refractivity contribution in [3.8, 4) is 5.75 Å². The summed E-state index contributed by atoms with van der Waals surface area (Å²) in [6, 6.07) is 12.7. The summed E-state index contributed by atoms with van der Waals surface area (Å²) in [5.41, 5.74) is 4.78. The van der Waals surface area contributed by atoms with Crippen molar-refractivity contribution in [2.24, 2.45) is 0 Å². The normalized spacial score (nSPS) is 19.5. The molecule has 0 spiro atoms. The van der Waals surface area contributed by atoms with E-state index >= 15 is 0 Å². The number of benzene rings is 2. The lowest BCUT2D eigenvalue weighted by Crippen LogP contribution is -2.36. The van der Waals surface area contributed by atoms with Gasteiger partial charge in [0.25, 0.3) is 0 Å². The van der Waals surface area contributed by atoms with Crippen LogP contribution in [0, 0.1) is 6.92 Å². The summed E-state index contributed by atoms with van der Waals surface area (Å²) in [4.78, 5) is 12.6. The first-order valence-corrected chi connectivity index (χ1v) is 10.1. The number of nitrogens with zero attached hydrogens (tertiary/aromatic N) is 1. The maximum Gasteiger partial charge on any atom is 0.407 e. The highest BCUT2D eigenvalue weighted by Gasteiger charge is 2.27. The number of aryl methyl sites for hydroxylation is 1. The molecule has 5 nitrogen and oxygen atoms in total. The number of fused-ring (bicyclic) bond motifs is 1. The van der Waals surface area contributed by atoms with Gasteiger partial charge in [-0.3, -0.25) is 0 Å². The van der Waals surface area contributed by atoms with Gasteiger partial charge in [0.1, 0.15) is 12.4 Å². The molecule has 0 radical (unpaired) electrons. The minimum absolute atomic E-state index is 0.124. The fraction of sp³-hybridized carbons (Fsp3) is 0.381. The number of nitrogens with one attached hydrogen (secondary N) is 1. The Morgan fingerprint density at radius 2 is 2.04 bits per heavy atom. The number of piperidine rings is 1. The molecule has 0 saturated carbocycles. The number of anilines is 1. The second-order valence-electron chi connectivity index (χ2n) is 7.28. The average molecular weight is 431 g/mol. The summed E-state index contributed by atoms with van der Waals surface area (Å²) >= 11 is 3.63. The van der Waals surface area contributed by atoms with Crippen LogP contribution < -0.4 is 10.1 Å². The van der Waals surface area contributed by atoms with Crippen LogP contribution in [0.15, 0.2) is 40.9 Å². The molecule has 0 aliphatic carbocycles. The van der Waals surface area contributed by atoms with E-state index in [0.29, 0.717) is 25.6 Å². The van der Waals surface area contributed by atoms with E-state index in [1.165, 1.54) is 21.6 Å². The minimum Gasteiger partial charge on any atom is -0.491 e. The van der Waals surface area contributed by atoms with Crippen molar-refractivity contribution in [1.82, 2.24) is 4.90 Å². The van der Waals surface area contributed by atoms with Gasteiger partial charge in [0.15, 0.2) is 0 Å². The van der Waals surface area contributed by atoms with Crippen LogP contribution in [0.25, 0.3) is 0 Å². The molecule has 27 heavy (non-hydrogen) atoms. The number of carboxylic acid groups (broad SMARTS) is 1. The standard InChI is InChI=1S/C21H23BrN2O3/c1-13-11-15(14-7-9-24(10-8-14)21(25)26)5-6-17(13)23-18-12-27-19-4-2-3-16(22)20(18)19/h2-6,11,14,18,23H,7-10,12H2,1H3,(H,25,26). The molecule has 2 aromatic rings. The molecule has 1 fully saturated rings. The van der Waals surface area contributed by atoms with E-state index < -0.39 is 6.09 Å². The number of halogens is 1. The number of carbonyl (C=O) groups is 1. The lowest BCUT2D eigenvalue weighted by atomic mass is 9.88. The Bertz CT molecular complexity index is 863. The largest absolute Gasteiger partial charge is 0.491 e. The van der Waals surface area contributed by atoms with Crippen molar-refractivity contribution in [3.05, 3.63) is 57.6 Å². The van der Waals surface area contributed by atoms with Crippen LogP contribution in [0.3, 0.4) is 0 Å². The maximum atomic E-state index is 11.1. The van der Waals surface area contributed by atoms with Crippen LogP contribution in [0.5, 0.6) is 5.75 Å². The zero-order valence-corrected chi connectivity index (χ0v) is 16.8. The first kappa shape index (κ1) is 18.2. The molecule has 4 rings (SSSR count). The van der Waals surface area contributed by atoms with Gasteiger partial charge < -0.3 is 20.1 Å². The molecular weight excluding hydrogens is 408 g/mol. The quantitative estimate of drug-likeness (QED) is 0.705. The van der Waals surface area contributed by atoms with Crippen LogP contribution in [-0.4, -0.2) is 35.8 Å². The van der Waals surface area contributed by atoms with E-state index in [9.17, 15) is 4.79 Å².